The van der Waals surface area contributed by atoms with Crippen molar-refractivity contribution in [1.82, 2.24) is 4.90 Å². The van der Waals surface area contributed by atoms with Crippen molar-refractivity contribution in [2.75, 3.05) is 33.4 Å². The van der Waals surface area contributed by atoms with Crippen LogP contribution < -0.4 is 5.73 Å². The highest BCUT2D eigenvalue weighted by molar-refractivity contribution is 4.89. The Morgan fingerprint density at radius 1 is 1.41 bits per heavy atom. The standard InChI is InChI=1S/C13H26N2O2/c1-10-3-4-13(17-10)12(7-14)15-6-5-11(8-15)9-16-2/h10-13H,3-9,14H2,1-2H3. The summed E-state index contributed by atoms with van der Waals surface area (Å²) in [5.74, 6) is 0.674. The molecular weight excluding hydrogens is 216 g/mol. The van der Waals surface area contributed by atoms with E-state index >= 15 is 0 Å². The second-order valence-corrected chi connectivity index (χ2v) is 5.47. The molecule has 0 bridgehead atoms. The molecule has 2 saturated heterocycles. The van der Waals surface area contributed by atoms with Gasteiger partial charge in [0.2, 0.25) is 0 Å². The molecule has 0 aromatic carbocycles. The molecule has 0 spiro atoms. The minimum atomic E-state index is 0.344. The van der Waals surface area contributed by atoms with Crippen LogP contribution in [-0.2, 0) is 9.47 Å². The summed E-state index contributed by atoms with van der Waals surface area (Å²) in [4.78, 5) is 2.51. The summed E-state index contributed by atoms with van der Waals surface area (Å²) in [5, 5.41) is 0. The van der Waals surface area contributed by atoms with E-state index in [1.807, 2.05) is 0 Å². The molecule has 4 unspecified atom stereocenters. The Morgan fingerprint density at radius 2 is 2.24 bits per heavy atom. The first-order valence-corrected chi connectivity index (χ1v) is 6.83. The van der Waals surface area contributed by atoms with Crippen LogP contribution in [0.3, 0.4) is 0 Å². The van der Waals surface area contributed by atoms with E-state index in [1.54, 1.807) is 7.11 Å². The van der Waals surface area contributed by atoms with E-state index in [2.05, 4.69) is 11.8 Å². The number of hydrogen-bond donors (Lipinski definition) is 1. The molecule has 0 amide bonds. The number of methoxy groups -OCH3 is 1. The fourth-order valence-electron chi connectivity index (χ4n) is 3.19. The van der Waals surface area contributed by atoms with E-state index in [-0.39, 0.29) is 0 Å². The third-order valence-corrected chi connectivity index (χ3v) is 4.12. The van der Waals surface area contributed by atoms with Gasteiger partial charge in [0.05, 0.1) is 18.8 Å². The highest BCUT2D eigenvalue weighted by atomic mass is 16.5. The van der Waals surface area contributed by atoms with Crippen molar-refractivity contribution in [2.24, 2.45) is 11.7 Å². The smallest absolute Gasteiger partial charge is 0.0747 e. The lowest BCUT2D eigenvalue weighted by molar-refractivity contribution is 0.000275. The third kappa shape index (κ3) is 3.19. The lowest BCUT2D eigenvalue weighted by Crippen LogP contribution is -2.47. The molecule has 0 saturated carbocycles. The van der Waals surface area contributed by atoms with Crippen LogP contribution >= 0.6 is 0 Å². The molecule has 2 rings (SSSR count). The number of rotatable bonds is 5. The summed E-state index contributed by atoms with van der Waals surface area (Å²) >= 11 is 0. The van der Waals surface area contributed by atoms with Crippen LogP contribution in [0.15, 0.2) is 0 Å². The van der Waals surface area contributed by atoms with Gasteiger partial charge in [-0.05, 0) is 38.6 Å². The van der Waals surface area contributed by atoms with E-state index in [4.69, 9.17) is 15.2 Å². The predicted octanol–water partition coefficient (Wildman–Crippen LogP) is 0.850. The summed E-state index contributed by atoms with van der Waals surface area (Å²) in [6.07, 6.45) is 4.32. The van der Waals surface area contributed by atoms with Crippen LogP contribution in [0.2, 0.25) is 0 Å². The highest BCUT2D eigenvalue weighted by Gasteiger charge is 2.35. The van der Waals surface area contributed by atoms with Gasteiger partial charge in [-0.1, -0.05) is 0 Å². The summed E-state index contributed by atoms with van der Waals surface area (Å²) in [6.45, 7) is 5.99. The fourth-order valence-corrected chi connectivity index (χ4v) is 3.19. The van der Waals surface area contributed by atoms with Crippen molar-refractivity contribution >= 4 is 0 Å². The SMILES string of the molecule is COCC1CCN(C(CN)C2CCC(C)O2)C1. The first-order valence-electron chi connectivity index (χ1n) is 6.83. The van der Waals surface area contributed by atoms with Crippen molar-refractivity contribution in [3.8, 4) is 0 Å². The summed E-state index contributed by atoms with van der Waals surface area (Å²) in [5.41, 5.74) is 5.94. The lowest BCUT2D eigenvalue weighted by Gasteiger charge is -2.31. The van der Waals surface area contributed by atoms with Crippen molar-refractivity contribution in [2.45, 2.75) is 44.4 Å². The van der Waals surface area contributed by atoms with Gasteiger partial charge < -0.3 is 15.2 Å². The molecule has 0 radical (unpaired) electrons. The van der Waals surface area contributed by atoms with Gasteiger partial charge in [-0.25, -0.2) is 0 Å². The second kappa shape index (κ2) is 6.14. The largest absolute Gasteiger partial charge is 0.384 e. The summed E-state index contributed by atoms with van der Waals surface area (Å²) in [7, 11) is 1.78. The first-order chi connectivity index (χ1) is 8.24. The predicted molar refractivity (Wildman–Crippen MR) is 68.0 cm³/mol. The molecule has 0 aromatic rings. The average molecular weight is 242 g/mol. The van der Waals surface area contributed by atoms with Gasteiger partial charge in [-0.3, -0.25) is 4.90 Å². The number of nitrogens with two attached hydrogens (primary N) is 1. The Kier molecular flexibility index (Phi) is 4.79. The average Bonchev–Trinajstić information content (AvgIpc) is 2.91. The molecule has 17 heavy (non-hydrogen) atoms. The van der Waals surface area contributed by atoms with Crippen molar-refractivity contribution < 1.29 is 9.47 Å². The minimum Gasteiger partial charge on any atom is -0.384 e. The third-order valence-electron chi connectivity index (χ3n) is 4.12. The number of likely N-dealkylation sites (tertiary alicyclic amines) is 1. The lowest BCUT2D eigenvalue weighted by atomic mass is 10.1. The summed E-state index contributed by atoms with van der Waals surface area (Å²) in [6, 6.07) is 0.404. The van der Waals surface area contributed by atoms with Crippen LogP contribution in [0.1, 0.15) is 26.2 Å². The molecule has 0 aliphatic carbocycles. The second-order valence-electron chi connectivity index (χ2n) is 5.47. The molecule has 2 fully saturated rings. The Bertz CT molecular complexity index is 237. The topological polar surface area (TPSA) is 47.7 Å². The van der Waals surface area contributed by atoms with Gasteiger partial charge in [-0.2, -0.15) is 0 Å². The molecule has 2 heterocycles. The maximum atomic E-state index is 5.97. The molecule has 0 aromatic heterocycles. The van der Waals surface area contributed by atoms with Crippen LogP contribution in [-0.4, -0.2) is 56.5 Å². The van der Waals surface area contributed by atoms with Gasteiger partial charge in [-0.15, -0.1) is 0 Å². The van der Waals surface area contributed by atoms with Crippen LogP contribution in [0.5, 0.6) is 0 Å². The van der Waals surface area contributed by atoms with Gasteiger partial charge >= 0.3 is 0 Å². The van der Waals surface area contributed by atoms with Crippen LogP contribution in [0, 0.1) is 5.92 Å². The maximum absolute atomic E-state index is 5.97. The van der Waals surface area contributed by atoms with E-state index < -0.39 is 0 Å². The normalized spacial score (nSPS) is 36.5. The van der Waals surface area contributed by atoms with E-state index in [1.165, 1.54) is 12.8 Å². The highest BCUT2D eigenvalue weighted by Crippen LogP contribution is 2.27. The Morgan fingerprint density at radius 3 is 2.82 bits per heavy atom. The van der Waals surface area contributed by atoms with Crippen molar-refractivity contribution in [1.29, 1.82) is 0 Å². The minimum absolute atomic E-state index is 0.344. The Balaban J connectivity index is 1.86. The number of hydrogen-bond acceptors (Lipinski definition) is 4. The van der Waals surface area contributed by atoms with E-state index in [0.29, 0.717) is 30.7 Å². The Hall–Kier alpha value is -0.160. The molecule has 2 aliphatic heterocycles. The molecule has 100 valence electrons. The van der Waals surface area contributed by atoms with Crippen LogP contribution in [0.4, 0.5) is 0 Å². The van der Waals surface area contributed by atoms with Crippen molar-refractivity contribution in [3.05, 3.63) is 0 Å². The zero-order chi connectivity index (χ0) is 12.3. The number of nitrogens with zero attached hydrogens (tertiary/aromatic N) is 1. The molecule has 2 N–H and O–H groups in total. The van der Waals surface area contributed by atoms with Gasteiger partial charge in [0.25, 0.3) is 0 Å². The monoisotopic (exact) mass is 242 g/mol. The zero-order valence-corrected chi connectivity index (χ0v) is 11.1. The first kappa shape index (κ1) is 13.3. The van der Waals surface area contributed by atoms with Crippen molar-refractivity contribution in [3.63, 3.8) is 0 Å². The molecule has 4 nitrogen and oxygen atoms in total. The van der Waals surface area contributed by atoms with Crippen LogP contribution in [0.25, 0.3) is 0 Å². The molecule has 2 aliphatic rings. The summed E-state index contributed by atoms with van der Waals surface area (Å²) < 4.78 is 11.2. The van der Waals surface area contributed by atoms with E-state index in [0.717, 1.165) is 26.1 Å². The molecule has 4 heteroatoms. The maximum Gasteiger partial charge on any atom is 0.0747 e. The van der Waals surface area contributed by atoms with Gasteiger partial charge in [0.15, 0.2) is 0 Å². The number of ether oxygens (including phenoxy) is 2. The zero-order valence-electron chi connectivity index (χ0n) is 11.1. The van der Waals surface area contributed by atoms with E-state index in [9.17, 15) is 0 Å². The molecule has 4 atom stereocenters. The Labute approximate surface area is 104 Å². The quantitative estimate of drug-likeness (QED) is 0.776. The van der Waals surface area contributed by atoms with Gasteiger partial charge in [0, 0.05) is 26.2 Å². The van der Waals surface area contributed by atoms with Gasteiger partial charge in [0.1, 0.15) is 0 Å². The molecular formula is C13H26N2O2. The fraction of sp³-hybridized carbons (Fsp3) is 1.00.